The van der Waals surface area contributed by atoms with Crippen molar-refractivity contribution >= 4 is 30.2 Å². The summed E-state index contributed by atoms with van der Waals surface area (Å²) in [5.41, 5.74) is 0.642. The maximum absolute atomic E-state index is 11.9. The van der Waals surface area contributed by atoms with Crippen LogP contribution in [0.15, 0.2) is 24.3 Å². The van der Waals surface area contributed by atoms with E-state index in [1.165, 1.54) is 12.1 Å². The smallest absolute Gasteiger partial charge is 0.335 e. The van der Waals surface area contributed by atoms with E-state index in [1.807, 2.05) is 0 Å². The van der Waals surface area contributed by atoms with Gasteiger partial charge in [-0.15, -0.1) is 0 Å². The molecule has 1 aromatic carbocycles. The van der Waals surface area contributed by atoms with E-state index in [2.05, 4.69) is 23.3 Å². The minimum atomic E-state index is -1.01. The fourth-order valence-corrected chi connectivity index (χ4v) is 2.19. The second-order valence-electron chi connectivity index (χ2n) is 4.23. The molecule has 2 unspecified atom stereocenters. The number of rotatable bonds is 3. The molecule has 1 aliphatic rings. The quantitative estimate of drug-likeness (QED) is 0.615. The second kappa shape index (κ2) is 5.41. The van der Waals surface area contributed by atoms with Gasteiger partial charge < -0.3 is 15.7 Å². The van der Waals surface area contributed by atoms with Crippen LogP contribution in [-0.4, -0.2) is 34.8 Å². The number of carbonyl (C=O) groups excluding carboxylic acids is 1. The molecule has 2 atom stereocenters. The number of anilines is 1. The summed E-state index contributed by atoms with van der Waals surface area (Å²) in [4.78, 5) is 22.7. The highest BCUT2D eigenvalue weighted by molar-refractivity contribution is 7.81. The van der Waals surface area contributed by atoms with E-state index >= 15 is 0 Å². The van der Waals surface area contributed by atoms with Gasteiger partial charge in [0.1, 0.15) is 0 Å². The maximum atomic E-state index is 11.9. The Kier molecular flexibility index (Phi) is 3.88. The van der Waals surface area contributed by atoms with E-state index in [1.54, 1.807) is 12.1 Å². The van der Waals surface area contributed by atoms with E-state index in [-0.39, 0.29) is 22.8 Å². The minimum absolute atomic E-state index is 0.152. The highest BCUT2D eigenvalue weighted by atomic mass is 32.1. The van der Waals surface area contributed by atoms with E-state index in [0.29, 0.717) is 18.7 Å². The number of carbonyl (C=O) groups is 2. The van der Waals surface area contributed by atoms with Gasteiger partial charge in [0.15, 0.2) is 0 Å². The highest BCUT2D eigenvalue weighted by Gasteiger charge is 2.27. The number of aromatic carboxylic acids is 1. The Bertz CT molecular complexity index is 478. The Balaban J connectivity index is 2.03. The first kappa shape index (κ1) is 12.9. The SMILES string of the molecule is O=C(O)c1cccc(NC(=O)C2CC(S)CN2)c1. The molecule has 1 fully saturated rings. The van der Waals surface area contributed by atoms with Crippen molar-refractivity contribution in [3.63, 3.8) is 0 Å². The van der Waals surface area contributed by atoms with E-state index in [9.17, 15) is 9.59 Å². The lowest BCUT2D eigenvalue weighted by Gasteiger charge is -2.11. The van der Waals surface area contributed by atoms with Crippen molar-refractivity contribution in [1.29, 1.82) is 0 Å². The topological polar surface area (TPSA) is 78.4 Å². The lowest BCUT2D eigenvalue weighted by molar-refractivity contribution is -0.117. The number of carboxylic acid groups (broad SMARTS) is 1. The molecule has 5 nitrogen and oxygen atoms in total. The van der Waals surface area contributed by atoms with Crippen LogP contribution >= 0.6 is 12.6 Å². The number of thiol groups is 1. The fourth-order valence-electron chi connectivity index (χ4n) is 1.88. The van der Waals surface area contributed by atoms with Gasteiger partial charge in [0, 0.05) is 17.5 Å². The monoisotopic (exact) mass is 266 g/mol. The molecule has 0 radical (unpaired) electrons. The van der Waals surface area contributed by atoms with E-state index in [4.69, 9.17) is 5.11 Å². The normalized spacial score (nSPS) is 22.7. The van der Waals surface area contributed by atoms with Crippen LogP contribution in [0.3, 0.4) is 0 Å². The Morgan fingerprint density at radius 2 is 2.22 bits per heavy atom. The summed E-state index contributed by atoms with van der Waals surface area (Å²) >= 11 is 4.30. The average Bonchev–Trinajstić information content (AvgIpc) is 2.76. The van der Waals surface area contributed by atoms with Crippen molar-refractivity contribution in [3.05, 3.63) is 29.8 Å². The zero-order valence-corrected chi connectivity index (χ0v) is 10.5. The molecule has 1 saturated heterocycles. The van der Waals surface area contributed by atoms with Gasteiger partial charge in [0.25, 0.3) is 0 Å². The molecule has 1 aliphatic heterocycles. The summed E-state index contributed by atoms with van der Waals surface area (Å²) in [6.45, 7) is 0.705. The Labute approximate surface area is 110 Å². The van der Waals surface area contributed by atoms with Gasteiger partial charge in [-0.2, -0.15) is 12.6 Å². The molecular weight excluding hydrogens is 252 g/mol. The van der Waals surface area contributed by atoms with Crippen LogP contribution in [0.5, 0.6) is 0 Å². The molecule has 0 saturated carbocycles. The predicted octanol–water partition coefficient (Wildman–Crippen LogP) is 0.984. The van der Waals surface area contributed by atoms with Crippen LogP contribution in [-0.2, 0) is 4.79 Å². The van der Waals surface area contributed by atoms with Crippen molar-refractivity contribution in [2.24, 2.45) is 0 Å². The first-order valence-electron chi connectivity index (χ1n) is 5.62. The summed E-state index contributed by atoms with van der Waals surface area (Å²) in [5, 5.41) is 14.8. The number of nitrogens with one attached hydrogen (secondary N) is 2. The molecule has 0 aromatic heterocycles. The Morgan fingerprint density at radius 1 is 1.44 bits per heavy atom. The highest BCUT2D eigenvalue weighted by Crippen LogP contribution is 2.15. The van der Waals surface area contributed by atoms with Crippen LogP contribution in [0.4, 0.5) is 5.69 Å². The zero-order chi connectivity index (χ0) is 13.1. The molecule has 6 heteroatoms. The van der Waals surface area contributed by atoms with Crippen LogP contribution < -0.4 is 10.6 Å². The zero-order valence-electron chi connectivity index (χ0n) is 9.59. The maximum Gasteiger partial charge on any atom is 0.335 e. The van der Waals surface area contributed by atoms with Crippen molar-refractivity contribution in [2.75, 3.05) is 11.9 Å². The number of amides is 1. The first-order chi connectivity index (χ1) is 8.56. The predicted molar refractivity (Wildman–Crippen MR) is 71.2 cm³/mol. The Morgan fingerprint density at radius 3 is 2.83 bits per heavy atom. The molecule has 2 rings (SSSR count). The third kappa shape index (κ3) is 3.02. The van der Waals surface area contributed by atoms with Crippen molar-refractivity contribution in [1.82, 2.24) is 5.32 Å². The van der Waals surface area contributed by atoms with Gasteiger partial charge in [-0.05, 0) is 24.6 Å². The van der Waals surface area contributed by atoms with E-state index in [0.717, 1.165) is 0 Å². The summed E-state index contributed by atoms with van der Waals surface area (Å²) in [7, 11) is 0. The van der Waals surface area contributed by atoms with Gasteiger partial charge in [0.05, 0.1) is 11.6 Å². The largest absolute Gasteiger partial charge is 0.478 e. The third-order valence-electron chi connectivity index (χ3n) is 2.80. The summed E-state index contributed by atoms with van der Waals surface area (Å²) in [5.74, 6) is -1.17. The minimum Gasteiger partial charge on any atom is -0.478 e. The third-order valence-corrected chi connectivity index (χ3v) is 3.19. The summed E-state index contributed by atoms with van der Waals surface area (Å²) in [6, 6.07) is 5.92. The van der Waals surface area contributed by atoms with Crippen LogP contribution in [0.2, 0.25) is 0 Å². The first-order valence-corrected chi connectivity index (χ1v) is 6.13. The van der Waals surface area contributed by atoms with Gasteiger partial charge in [-0.3, -0.25) is 4.79 Å². The van der Waals surface area contributed by atoms with Gasteiger partial charge in [0.2, 0.25) is 5.91 Å². The lowest BCUT2D eigenvalue weighted by atomic mass is 10.2. The molecular formula is C12H14N2O3S. The fraction of sp³-hybridized carbons (Fsp3) is 0.333. The molecule has 0 bridgehead atoms. The number of benzene rings is 1. The van der Waals surface area contributed by atoms with Crippen LogP contribution in [0.1, 0.15) is 16.8 Å². The average molecular weight is 266 g/mol. The number of carboxylic acids is 1. The number of hydrogen-bond donors (Lipinski definition) is 4. The molecule has 1 heterocycles. The lowest BCUT2D eigenvalue weighted by Crippen LogP contribution is -2.35. The Hall–Kier alpha value is -1.53. The summed E-state index contributed by atoms with van der Waals surface area (Å²) in [6.07, 6.45) is 0.674. The van der Waals surface area contributed by atoms with Gasteiger partial charge >= 0.3 is 5.97 Å². The standard InChI is InChI=1S/C12H14N2O3S/c15-11(10-5-9(18)6-13-10)14-8-3-1-2-7(4-8)12(16)17/h1-4,9-10,13,18H,5-6H2,(H,14,15)(H,16,17). The van der Waals surface area contributed by atoms with Crippen LogP contribution in [0, 0.1) is 0 Å². The molecule has 1 aromatic rings. The second-order valence-corrected chi connectivity index (χ2v) is 4.96. The molecule has 1 amide bonds. The molecule has 0 spiro atoms. The van der Waals surface area contributed by atoms with Gasteiger partial charge in [-0.25, -0.2) is 4.79 Å². The van der Waals surface area contributed by atoms with Crippen molar-refractivity contribution in [3.8, 4) is 0 Å². The number of hydrogen-bond acceptors (Lipinski definition) is 4. The van der Waals surface area contributed by atoms with E-state index < -0.39 is 5.97 Å². The summed E-state index contributed by atoms with van der Waals surface area (Å²) < 4.78 is 0. The molecule has 18 heavy (non-hydrogen) atoms. The molecule has 96 valence electrons. The van der Waals surface area contributed by atoms with Crippen molar-refractivity contribution < 1.29 is 14.7 Å². The van der Waals surface area contributed by atoms with Crippen LogP contribution in [0.25, 0.3) is 0 Å². The molecule has 0 aliphatic carbocycles. The van der Waals surface area contributed by atoms with Crippen molar-refractivity contribution in [2.45, 2.75) is 17.7 Å². The van der Waals surface area contributed by atoms with Gasteiger partial charge in [-0.1, -0.05) is 6.07 Å². The molecule has 3 N–H and O–H groups in total.